The number of aromatic amines is 1. The Kier molecular flexibility index (Phi) is 4.40. The van der Waals surface area contributed by atoms with Gasteiger partial charge in [-0.15, -0.1) is 0 Å². The first kappa shape index (κ1) is 16.1. The van der Waals surface area contributed by atoms with Gasteiger partial charge < -0.3 is 14.6 Å². The molecule has 2 heterocycles. The van der Waals surface area contributed by atoms with Gasteiger partial charge in [-0.1, -0.05) is 43.2 Å². The maximum atomic E-state index is 13.0. The van der Waals surface area contributed by atoms with E-state index in [9.17, 15) is 9.59 Å². The topological polar surface area (TPSA) is 62.4 Å². The van der Waals surface area contributed by atoms with Gasteiger partial charge in [-0.2, -0.15) is 0 Å². The average Bonchev–Trinajstić information content (AvgIpc) is 2.67. The molecule has 1 saturated heterocycles. The molecule has 2 aliphatic rings. The van der Waals surface area contributed by atoms with Crippen molar-refractivity contribution in [1.82, 2.24) is 9.88 Å². The first-order chi connectivity index (χ1) is 12.2. The third kappa shape index (κ3) is 3.12. The van der Waals surface area contributed by atoms with Crippen molar-refractivity contribution in [2.75, 3.05) is 13.2 Å². The van der Waals surface area contributed by atoms with Gasteiger partial charge >= 0.3 is 0 Å². The summed E-state index contributed by atoms with van der Waals surface area (Å²) >= 11 is 0. The number of H-pyrrole nitrogens is 1. The fourth-order valence-electron chi connectivity index (χ4n) is 3.93. The van der Waals surface area contributed by atoms with Gasteiger partial charge in [-0.25, -0.2) is 0 Å². The Morgan fingerprint density at radius 3 is 2.68 bits per heavy atom. The van der Waals surface area contributed by atoms with Gasteiger partial charge in [0.15, 0.2) is 0 Å². The summed E-state index contributed by atoms with van der Waals surface area (Å²) in [6.07, 6.45) is 4.33. The Bertz CT molecular complexity index is 813. The van der Waals surface area contributed by atoms with Gasteiger partial charge in [0, 0.05) is 12.2 Å². The lowest BCUT2D eigenvalue weighted by Gasteiger charge is -2.43. The molecule has 1 aliphatic heterocycles. The highest BCUT2D eigenvalue weighted by molar-refractivity contribution is 5.94. The van der Waals surface area contributed by atoms with Crippen LogP contribution in [-0.2, 0) is 4.74 Å². The highest BCUT2D eigenvalue weighted by atomic mass is 16.5. The van der Waals surface area contributed by atoms with Crippen molar-refractivity contribution < 1.29 is 9.53 Å². The minimum absolute atomic E-state index is 0.100. The Morgan fingerprint density at radius 2 is 1.88 bits per heavy atom. The van der Waals surface area contributed by atoms with E-state index in [-0.39, 0.29) is 29.2 Å². The molecular formula is C20H22N2O3. The smallest absolute Gasteiger partial charge is 0.261 e. The number of benzene rings is 1. The summed E-state index contributed by atoms with van der Waals surface area (Å²) in [5, 5.41) is 0. The number of ether oxygens (including phenoxy) is 1. The van der Waals surface area contributed by atoms with Gasteiger partial charge in [0.2, 0.25) is 0 Å². The van der Waals surface area contributed by atoms with Crippen molar-refractivity contribution in [3.05, 3.63) is 58.4 Å². The van der Waals surface area contributed by atoms with E-state index >= 15 is 0 Å². The number of nitrogens with one attached hydrogen (secondary N) is 1. The van der Waals surface area contributed by atoms with E-state index < -0.39 is 0 Å². The molecule has 2 unspecified atom stereocenters. The van der Waals surface area contributed by atoms with Crippen LogP contribution < -0.4 is 5.56 Å². The molecular weight excluding hydrogens is 316 g/mol. The molecule has 1 aliphatic carbocycles. The molecule has 25 heavy (non-hydrogen) atoms. The predicted octanol–water partition coefficient (Wildman–Crippen LogP) is 2.83. The molecule has 4 rings (SSSR count). The summed E-state index contributed by atoms with van der Waals surface area (Å²) in [6.45, 7) is 1.10. The SMILES string of the molecule is O=C(c1ccc(-c2ccccc2)[nH]c1=O)N1CCOC2CCCCC21. The molecule has 5 heteroatoms. The predicted molar refractivity (Wildman–Crippen MR) is 95.5 cm³/mol. The van der Waals surface area contributed by atoms with E-state index in [1.54, 1.807) is 6.07 Å². The second-order valence-electron chi connectivity index (χ2n) is 6.74. The zero-order valence-electron chi connectivity index (χ0n) is 14.1. The quantitative estimate of drug-likeness (QED) is 0.916. The Hall–Kier alpha value is -2.40. The Balaban J connectivity index is 1.61. The van der Waals surface area contributed by atoms with Crippen molar-refractivity contribution in [2.24, 2.45) is 0 Å². The third-order valence-corrected chi connectivity index (χ3v) is 5.22. The molecule has 1 aromatic heterocycles. The molecule has 1 N–H and O–H groups in total. The molecule has 2 fully saturated rings. The lowest BCUT2D eigenvalue weighted by atomic mass is 9.90. The van der Waals surface area contributed by atoms with Crippen molar-refractivity contribution in [3.63, 3.8) is 0 Å². The number of carbonyl (C=O) groups is 1. The second-order valence-corrected chi connectivity index (χ2v) is 6.74. The number of nitrogens with zero attached hydrogens (tertiary/aromatic N) is 1. The number of aromatic nitrogens is 1. The van der Waals surface area contributed by atoms with Crippen LogP contribution in [0.4, 0.5) is 0 Å². The molecule has 1 amide bonds. The summed E-state index contributed by atoms with van der Waals surface area (Å²) in [7, 11) is 0. The third-order valence-electron chi connectivity index (χ3n) is 5.22. The summed E-state index contributed by atoms with van der Waals surface area (Å²) < 4.78 is 5.83. The number of morpholine rings is 1. The van der Waals surface area contributed by atoms with Crippen LogP contribution in [0.25, 0.3) is 11.3 Å². The van der Waals surface area contributed by atoms with E-state index in [1.165, 1.54) is 0 Å². The fourth-order valence-corrected chi connectivity index (χ4v) is 3.93. The van der Waals surface area contributed by atoms with Crippen molar-refractivity contribution >= 4 is 5.91 Å². The summed E-state index contributed by atoms with van der Waals surface area (Å²) in [5.74, 6) is -0.180. The van der Waals surface area contributed by atoms with Gasteiger partial charge in [-0.3, -0.25) is 9.59 Å². The number of hydrogen-bond acceptors (Lipinski definition) is 3. The highest BCUT2D eigenvalue weighted by Crippen LogP contribution is 2.29. The molecule has 0 radical (unpaired) electrons. The van der Waals surface area contributed by atoms with Gasteiger partial charge in [-0.05, 0) is 30.5 Å². The van der Waals surface area contributed by atoms with Crippen LogP contribution in [0.1, 0.15) is 36.0 Å². The van der Waals surface area contributed by atoms with E-state index in [1.807, 2.05) is 41.3 Å². The Morgan fingerprint density at radius 1 is 1.08 bits per heavy atom. The summed E-state index contributed by atoms with van der Waals surface area (Å²) in [5.41, 5.74) is 1.54. The van der Waals surface area contributed by atoms with Crippen LogP contribution in [-0.4, -0.2) is 41.1 Å². The first-order valence-corrected chi connectivity index (χ1v) is 8.95. The lowest BCUT2D eigenvalue weighted by molar-refractivity contribution is -0.0753. The van der Waals surface area contributed by atoms with Crippen molar-refractivity contribution in [3.8, 4) is 11.3 Å². The number of rotatable bonds is 2. The van der Waals surface area contributed by atoms with Crippen molar-refractivity contribution in [1.29, 1.82) is 0 Å². The molecule has 2 aromatic rings. The van der Waals surface area contributed by atoms with Crippen molar-refractivity contribution in [2.45, 2.75) is 37.8 Å². The van der Waals surface area contributed by atoms with Crippen LogP contribution in [0.2, 0.25) is 0 Å². The van der Waals surface area contributed by atoms with Gasteiger partial charge in [0.25, 0.3) is 11.5 Å². The zero-order chi connectivity index (χ0) is 17.2. The number of carbonyl (C=O) groups excluding carboxylic acids is 1. The summed E-state index contributed by atoms with van der Waals surface area (Å²) in [6, 6.07) is 13.2. The van der Waals surface area contributed by atoms with Crippen LogP contribution in [0.3, 0.4) is 0 Å². The van der Waals surface area contributed by atoms with Crippen LogP contribution in [0.5, 0.6) is 0 Å². The van der Waals surface area contributed by atoms with E-state index in [2.05, 4.69) is 4.98 Å². The maximum Gasteiger partial charge on any atom is 0.261 e. The minimum Gasteiger partial charge on any atom is -0.374 e. The number of fused-ring (bicyclic) bond motifs is 1. The molecule has 0 bridgehead atoms. The number of amides is 1. The van der Waals surface area contributed by atoms with Gasteiger partial charge in [0.1, 0.15) is 5.56 Å². The fraction of sp³-hybridized carbons (Fsp3) is 0.400. The normalized spacial score (nSPS) is 23.1. The average molecular weight is 338 g/mol. The van der Waals surface area contributed by atoms with Crippen LogP contribution in [0, 0.1) is 0 Å². The monoisotopic (exact) mass is 338 g/mol. The number of pyridine rings is 1. The lowest BCUT2D eigenvalue weighted by Crippen LogP contribution is -2.55. The van der Waals surface area contributed by atoms with E-state index in [0.717, 1.165) is 36.9 Å². The molecule has 5 nitrogen and oxygen atoms in total. The molecule has 0 spiro atoms. The standard InChI is InChI=1S/C20H22N2O3/c23-19-15(10-11-16(21-19)14-6-2-1-3-7-14)20(24)22-12-13-25-18-9-5-4-8-17(18)22/h1-3,6-7,10-11,17-18H,4-5,8-9,12-13H2,(H,21,23). The first-order valence-electron chi connectivity index (χ1n) is 8.95. The molecule has 1 saturated carbocycles. The Labute approximate surface area is 146 Å². The minimum atomic E-state index is -0.329. The van der Waals surface area contributed by atoms with Crippen LogP contribution >= 0.6 is 0 Å². The van der Waals surface area contributed by atoms with E-state index in [4.69, 9.17) is 4.74 Å². The van der Waals surface area contributed by atoms with Crippen LogP contribution in [0.15, 0.2) is 47.3 Å². The molecule has 2 atom stereocenters. The number of hydrogen-bond donors (Lipinski definition) is 1. The summed E-state index contributed by atoms with van der Waals surface area (Å²) in [4.78, 5) is 30.2. The zero-order valence-corrected chi connectivity index (χ0v) is 14.1. The maximum absolute atomic E-state index is 13.0. The molecule has 1 aromatic carbocycles. The molecule has 130 valence electrons. The van der Waals surface area contributed by atoms with Gasteiger partial charge in [0.05, 0.1) is 18.8 Å². The second kappa shape index (κ2) is 6.84. The largest absolute Gasteiger partial charge is 0.374 e. The highest BCUT2D eigenvalue weighted by Gasteiger charge is 2.37. The van der Waals surface area contributed by atoms with E-state index in [0.29, 0.717) is 13.2 Å².